The van der Waals surface area contributed by atoms with E-state index in [-0.39, 0.29) is 32.6 Å². The van der Waals surface area contributed by atoms with E-state index in [1.54, 1.807) is 6.11 Å². The molecule has 0 aliphatic rings. The van der Waals surface area contributed by atoms with Crippen molar-refractivity contribution in [2.75, 3.05) is 0 Å². The van der Waals surface area contributed by atoms with Crippen LogP contribution < -0.4 is 5.14 Å². The Balaban J connectivity index is 2.04. The number of phenols is 1. The predicted molar refractivity (Wildman–Crippen MR) is 105 cm³/mol. The fourth-order valence-corrected chi connectivity index (χ4v) is 3.65. The van der Waals surface area contributed by atoms with Crippen LogP contribution >= 0.6 is 23.1 Å². The largest absolute Gasteiger partial charge is 0.506 e. The molecule has 0 spiro atoms. The molecule has 0 fully saturated rings. The third-order valence-electron chi connectivity index (χ3n) is 3.51. The van der Waals surface area contributed by atoms with Gasteiger partial charge in [-0.1, -0.05) is 11.6 Å². The van der Waals surface area contributed by atoms with Crippen LogP contribution in [0.15, 0.2) is 45.5 Å². The molecule has 9 nitrogen and oxygen atoms in total. The lowest BCUT2D eigenvalue weighted by Gasteiger charge is -2.04. The van der Waals surface area contributed by atoms with Crippen molar-refractivity contribution in [2.24, 2.45) is 15.4 Å². The van der Waals surface area contributed by atoms with E-state index in [0.29, 0.717) is 15.9 Å². The number of aromatic hydroxyl groups is 1. The van der Waals surface area contributed by atoms with Gasteiger partial charge in [0, 0.05) is 5.39 Å². The summed E-state index contributed by atoms with van der Waals surface area (Å²) >= 11 is 6.94. The molecular weight excluding hydrogens is 426 g/mol. The van der Waals surface area contributed by atoms with Crippen molar-refractivity contribution in [3.8, 4) is 17.8 Å². The molecule has 0 amide bonds. The van der Waals surface area contributed by atoms with Crippen LogP contribution in [0.4, 0.5) is 10.7 Å². The number of sulfonamides is 1. The first-order chi connectivity index (χ1) is 13.2. The van der Waals surface area contributed by atoms with Crippen molar-refractivity contribution in [2.45, 2.75) is 4.90 Å². The van der Waals surface area contributed by atoms with Gasteiger partial charge in [-0.2, -0.15) is 4.37 Å². The van der Waals surface area contributed by atoms with Crippen molar-refractivity contribution in [1.29, 1.82) is 5.41 Å². The number of halogens is 1. The number of phenolic OH excluding ortho intramolecular Hbond substituents is 1. The fourth-order valence-electron chi connectivity index (χ4n) is 2.22. The summed E-state index contributed by atoms with van der Waals surface area (Å²) in [5.74, 6) is 1.71. The van der Waals surface area contributed by atoms with Gasteiger partial charge in [-0.05, 0) is 47.8 Å². The molecule has 2 aromatic carbocycles. The molecule has 0 bridgehead atoms. The van der Waals surface area contributed by atoms with Gasteiger partial charge in [-0.15, -0.1) is 10.2 Å². The maximum Gasteiger partial charge on any atom is 0.238 e. The van der Waals surface area contributed by atoms with Gasteiger partial charge in [0.25, 0.3) is 0 Å². The molecular formula is C16H10ClN5O4S2. The summed E-state index contributed by atoms with van der Waals surface area (Å²) in [6, 6.07) is 6.84. The molecule has 0 unspecified atom stereocenters. The van der Waals surface area contributed by atoms with Gasteiger partial charge in [0.15, 0.2) is 5.00 Å². The summed E-state index contributed by atoms with van der Waals surface area (Å²) in [5.41, 5.74) is 0.330. The Hall–Kier alpha value is -3.04. The summed E-state index contributed by atoms with van der Waals surface area (Å²) in [4.78, 5) is -0.0809. The zero-order valence-electron chi connectivity index (χ0n) is 13.7. The number of fused-ring (bicyclic) bond motifs is 1. The van der Waals surface area contributed by atoms with E-state index in [1.165, 1.54) is 30.3 Å². The standard InChI is InChI=1S/C16H10ClN5O4S2/c17-12-6-8(5-10(15(12)24)13(18)3-4-23)20-21-16-11-7-9(28(19,25)26)1-2-14(11)22-27-16/h1-2,5-7,18,23-24H,(H2,19,25,26)/b18-13?,21-20+. The minimum atomic E-state index is -3.88. The first-order valence-corrected chi connectivity index (χ1v) is 10.0. The molecule has 12 heteroatoms. The van der Waals surface area contributed by atoms with Crippen molar-refractivity contribution in [1.82, 2.24) is 4.37 Å². The first-order valence-electron chi connectivity index (χ1n) is 7.31. The SMILES string of the molecule is N=C(C#CO)c1cc(/N=N/c2snc3ccc(S(N)(=O)=O)cc23)cc(Cl)c1O. The number of aliphatic hydroxyl groups excluding tert-OH is 1. The summed E-state index contributed by atoms with van der Waals surface area (Å²) in [6.45, 7) is 0. The smallest absolute Gasteiger partial charge is 0.238 e. The van der Waals surface area contributed by atoms with Crippen LogP contribution in [0.5, 0.6) is 5.75 Å². The maximum absolute atomic E-state index is 11.5. The molecule has 0 saturated heterocycles. The average molecular weight is 436 g/mol. The lowest BCUT2D eigenvalue weighted by Crippen LogP contribution is -2.11. The van der Waals surface area contributed by atoms with E-state index >= 15 is 0 Å². The second kappa shape index (κ2) is 7.53. The molecule has 0 aliphatic heterocycles. The number of hydrogen-bond donors (Lipinski definition) is 4. The highest BCUT2D eigenvalue weighted by atomic mass is 35.5. The third-order valence-corrected chi connectivity index (χ3v) is 5.47. The molecule has 5 N–H and O–H groups in total. The zero-order valence-corrected chi connectivity index (χ0v) is 16.1. The first kappa shape index (κ1) is 19.7. The highest BCUT2D eigenvalue weighted by Gasteiger charge is 2.14. The summed E-state index contributed by atoms with van der Waals surface area (Å²) < 4.78 is 27.2. The van der Waals surface area contributed by atoms with Gasteiger partial charge >= 0.3 is 0 Å². The van der Waals surface area contributed by atoms with Crippen molar-refractivity contribution in [3.63, 3.8) is 0 Å². The van der Waals surface area contributed by atoms with Crippen LogP contribution in [-0.4, -0.2) is 28.7 Å². The number of aliphatic hydroxyl groups is 1. The number of primary sulfonamides is 1. The Bertz CT molecular complexity index is 1310. The van der Waals surface area contributed by atoms with Crippen molar-refractivity contribution < 1.29 is 18.6 Å². The number of hydrogen-bond acceptors (Lipinski definition) is 9. The fraction of sp³-hybridized carbons (Fsp3) is 0. The van der Waals surface area contributed by atoms with E-state index in [0.717, 1.165) is 11.5 Å². The van der Waals surface area contributed by atoms with Gasteiger partial charge in [0.05, 0.1) is 26.7 Å². The third kappa shape index (κ3) is 3.95. The summed E-state index contributed by atoms with van der Waals surface area (Å²) in [6.07, 6.45) is 1.58. The van der Waals surface area contributed by atoms with Crippen LogP contribution in [-0.2, 0) is 10.0 Å². The molecule has 28 heavy (non-hydrogen) atoms. The van der Waals surface area contributed by atoms with Crippen LogP contribution in [0.25, 0.3) is 10.9 Å². The second-order valence-corrected chi connectivity index (χ2v) is 8.07. The second-order valence-electron chi connectivity index (χ2n) is 5.35. The quantitative estimate of drug-likeness (QED) is 0.280. The van der Waals surface area contributed by atoms with E-state index < -0.39 is 10.0 Å². The lowest BCUT2D eigenvalue weighted by atomic mass is 10.1. The number of nitrogens with zero attached hydrogens (tertiary/aromatic N) is 3. The van der Waals surface area contributed by atoms with Crippen LogP contribution in [0.1, 0.15) is 5.56 Å². The number of azo groups is 1. The molecule has 142 valence electrons. The Kier molecular flexibility index (Phi) is 5.30. The van der Waals surface area contributed by atoms with Crippen LogP contribution in [0, 0.1) is 17.4 Å². The van der Waals surface area contributed by atoms with Gasteiger partial charge in [-0.25, -0.2) is 13.6 Å². The number of nitrogens with two attached hydrogens (primary N) is 1. The summed E-state index contributed by atoms with van der Waals surface area (Å²) in [5, 5.41) is 40.2. The zero-order chi connectivity index (χ0) is 20.5. The highest BCUT2D eigenvalue weighted by molar-refractivity contribution is 7.89. The average Bonchev–Trinajstić information content (AvgIpc) is 3.04. The highest BCUT2D eigenvalue weighted by Crippen LogP contribution is 2.36. The van der Waals surface area contributed by atoms with E-state index in [4.69, 9.17) is 27.3 Å². The van der Waals surface area contributed by atoms with Crippen molar-refractivity contribution in [3.05, 3.63) is 40.9 Å². The molecule has 3 aromatic rings. The molecule has 3 rings (SSSR count). The monoisotopic (exact) mass is 435 g/mol. The van der Waals surface area contributed by atoms with Gasteiger partial charge in [0.1, 0.15) is 17.6 Å². The number of aromatic nitrogens is 1. The minimum Gasteiger partial charge on any atom is -0.506 e. The van der Waals surface area contributed by atoms with Gasteiger partial charge in [0.2, 0.25) is 10.0 Å². The van der Waals surface area contributed by atoms with E-state index in [2.05, 4.69) is 20.5 Å². The van der Waals surface area contributed by atoms with Crippen LogP contribution in [0.3, 0.4) is 0 Å². The Morgan fingerprint density at radius 3 is 2.71 bits per heavy atom. The normalized spacial score (nSPS) is 11.5. The number of benzene rings is 2. The Morgan fingerprint density at radius 2 is 2.04 bits per heavy atom. The Labute approximate surface area is 167 Å². The van der Waals surface area contributed by atoms with Gasteiger partial charge < -0.3 is 10.2 Å². The molecule has 0 saturated carbocycles. The number of nitrogens with one attached hydrogen (secondary N) is 1. The van der Waals surface area contributed by atoms with E-state index in [1.807, 2.05) is 0 Å². The molecule has 0 radical (unpaired) electrons. The predicted octanol–water partition coefficient (Wildman–Crippen LogP) is 3.42. The Morgan fingerprint density at radius 1 is 1.29 bits per heavy atom. The summed E-state index contributed by atoms with van der Waals surface area (Å²) in [7, 11) is -3.88. The topological polar surface area (TPSA) is 162 Å². The molecule has 1 heterocycles. The molecule has 0 aliphatic carbocycles. The number of rotatable bonds is 4. The van der Waals surface area contributed by atoms with Crippen LogP contribution in [0.2, 0.25) is 5.02 Å². The van der Waals surface area contributed by atoms with Gasteiger partial charge in [-0.3, -0.25) is 5.41 Å². The van der Waals surface area contributed by atoms with Crippen molar-refractivity contribution >= 4 is 60.5 Å². The molecule has 0 atom stereocenters. The maximum atomic E-state index is 11.5. The minimum absolute atomic E-state index is 0.0336. The lowest BCUT2D eigenvalue weighted by molar-refractivity contribution is 0.474. The molecule has 1 aromatic heterocycles. The van der Waals surface area contributed by atoms with E-state index in [9.17, 15) is 13.5 Å².